The summed E-state index contributed by atoms with van der Waals surface area (Å²) >= 11 is 0. The highest BCUT2D eigenvalue weighted by atomic mass is 19.1. The van der Waals surface area contributed by atoms with E-state index in [4.69, 9.17) is 10.4 Å². The first-order chi connectivity index (χ1) is 8.24. The molecule has 2 rings (SSSR count). The predicted octanol–water partition coefficient (Wildman–Crippen LogP) is 1.71. The number of hydrogen-bond donors (Lipinski definition) is 1. The molecule has 17 heavy (non-hydrogen) atoms. The molecule has 0 unspecified atom stereocenters. The van der Waals surface area contributed by atoms with E-state index in [1.165, 1.54) is 10.7 Å². The molecule has 1 heterocycles. The van der Waals surface area contributed by atoms with Gasteiger partial charge in [-0.15, -0.1) is 0 Å². The molecule has 0 fully saturated rings. The van der Waals surface area contributed by atoms with Gasteiger partial charge in [0.15, 0.2) is 0 Å². The van der Waals surface area contributed by atoms with E-state index < -0.39 is 5.82 Å². The molecule has 0 aliphatic rings. The SMILES string of the molecule is N#CCn1cc(-c2ccc(F)c(CO)c2)cn1. The van der Waals surface area contributed by atoms with Gasteiger partial charge in [0.05, 0.1) is 18.9 Å². The van der Waals surface area contributed by atoms with E-state index in [1.807, 2.05) is 6.07 Å². The maximum atomic E-state index is 13.2. The Hall–Kier alpha value is -2.19. The fourth-order valence-corrected chi connectivity index (χ4v) is 1.55. The van der Waals surface area contributed by atoms with Crippen LogP contribution in [0.5, 0.6) is 0 Å². The molecule has 0 aliphatic heterocycles. The van der Waals surface area contributed by atoms with Gasteiger partial charge in [0.1, 0.15) is 12.4 Å². The van der Waals surface area contributed by atoms with Gasteiger partial charge in [-0.25, -0.2) is 4.39 Å². The van der Waals surface area contributed by atoms with Crippen molar-refractivity contribution in [3.63, 3.8) is 0 Å². The molecule has 0 saturated heterocycles. The second-order valence-corrected chi connectivity index (χ2v) is 3.55. The monoisotopic (exact) mass is 231 g/mol. The molecule has 0 bridgehead atoms. The first-order valence-corrected chi connectivity index (χ1v) is 5.03. The van der Waals surface area contributed by atoms with E-state index in [2.05, 4.69) is 5.10 Å². The van der Waals surface area contributed by atoms with Gasteiger partial charge in [0, 0.05) is 17.3 Å². The lowest BCUT2D eigenvalue weighted by atomic mass is 10.1. The van der Waals surface area contributed by atoms with Crippen molar-refractivity contribution >= 4 is 0 Å². The standard InChI is InChI=1S/C12H10FN3O/c13-12-2-1-9(5-10(12)8-17)11-6-15-16(7-11)4-3-14/h1-2,5-7,17H,4,8H2. The maximum absolute atomic E-state index is 13.2. The minimum Gasteiger partial charge on any atom is -0.392 e. The van der Waals surface area contributed by atoms with E-state index in [9.17, 15) is 4.39 Å². The van der Waals surface area contributed by atoms with Gasteiger partial charge in [0.25, 0.3) is 0 Å². The predicted molar refractivity (Wildman–Crippen MR) is 59.2 cm³/mol. The van der Waals surface area contributed by atoms with Crippen LogP contribution >= 0.6 is 0 Å². The number of hydrogen-bond acceptors (Lipinski definition) is 3. The topological polar surface area (TPSA) is 61.8 Å². The third kappa shape index (κ3) is 2.32. The zero-order valence-electron chi connectivity index (χ0n) is 8.97. The fourth-order valence-electron chi connectivity index (χ4n) is 1.55. The second-order valence-electron chi connectivity index (χ2n) is 3.55. The number of rotatable bonds is 3. The highest BCUT2D eigenvalue weighted by molar-refractivity contribution is 5.62. The summed E-state index contributed by atoms with van der Waals surface area (Å²) in [6.07, 6.45) is 3.31. The van der Waals surface area contributed by atoms with Crippen molar-refractivity contribution in [3.05, 3.63) is 42.0 Å². The van der Waals surface area contributed by atoms with Gasteiger partial charge in [0.2, 0.25) is 0 Å². The van der Waals surface area contributed by atoms with Crippen LogP contribution in [0, 0.1) is 17.1 Å². The third-order valence-corrected chi connectivity index (χ3v) is 2.42. The normalized spacial score (nSPS) is 10.2. The summed E-state index contributed by atoms with van der Waals surface area (Å²) in [5.41, 5.74) is 1.80. The summed E-state index contributed by atoms with van der Waals surface area (Å²) in [6, 6.07) is 6.47. The summed E-state index contributed by atoms with van der Waals surface area (Å²) in [7, 11) is 0. The molecular weight excluding hydrogens is 221 g/mol. The third-order valence-electron chi connectivity index (χ3n) is 2.42. The molecule has 0 atom stereocenters. The van der Waals surface area contributed by atoms with Crippen molar-refractivity contribution < 1.29 is 9.50 Å². The van der Waals surface area contributed by atoms with Crippen molar-refractivity contribution in [3.8, 4) is 17.2 Å². The van der Waals surface area contributed by atoms with E-state index in [-0.39, 0.29) is 18.7 Å². The summed E-state index contributed by atoms with van der Waals surface area (Å²) < 4.78 is 14.7. The first-order valence-electron chi connectivity index (χ1n) is 5.03. The fraction of sp³-hybridized carbons (Fsp3) is 0.167. The van der Waals surface area contributed by atoms with Gasteiger partial charge in [-0.05, 0) is 17.7 Å². The molecule has 1 N–H and O–H groups in total. The van der Waals surface area contributed by atoms with Crippen LogP contribution in [0.1, 0.15) is 5.56 Å². The summed E-state index contributed by atoms with van der Waals surface area (Å²) in [5, 5.41) is 21.5. The van der Waals surface area contributed by atoms with Crippen LogP contribution in [0.25, 0.3) is 11.1 Å². The molecule has 0 aliphatic carbocycles. The van der Waals surface area contributed by atoms with E-state index in [0.29, 0.717) is 0 Å². The second kappa shape index (κ2) is 4.76. The lowest BCUT2D eigenvalue weighted by Gasteiger charge is -2.02. The molecular formula is C12H10FN3O. The van der Waals surface area contributed by atoms with Crippen LogP contribution in [0.15, 0.2) is 30.6 Å². The van der Waals surface area contributed by atoms with Crippen molar-refractivity contribution in [2.75, 3.05) is 0 Å². The van der Waals surface area contributed by atoms with Gasteiger partial charge in [-0.1, -0.05) is 6.07 Å². The zero-order chi connectivity index (χ0) is 12.3. The quantitative estimate of drug-likeness (QED) is 0.874. The van der Waals surface area contributed by atoms with E-state index >= 15 is 0 Å². The molecule has 1 aromatic carbocycles. The van der Waals surface area contributed by atoms with Crippen molar-refractivity contribution in [2.24, 2.45) is 0 Å². The van der Waals surface area contributed by atoms with Gasteiger partial charge >= 0.3 is 0 Å². The summed E-state index contributed by atoms with van der Waals surface area (Å²) in [6.45, 7) is -0.167. The maximum Gasteiger partial charge on any atom is 0.128 e. The molecule has 86 valence electrons. The molecule has 2 aromatic rings. The van der Waals surface area contributed by atoms with Crippen LogP contribution in [0.3, 0.4) is 0 Å². The van der Waals surface area contributed by atoms with Crippen LogP contribution in [-0.2, 0) is 13.2 Å². The van der Waals surface area contributed by atoms with Gasteiger partial charge in [-0.3, -0.25) is 4.68 Å². The van der Waals surface area contributed by atoms with Crippen LogP contribution in [0.2, 0.25) is 0 Å². The van der Waals surface area contributed by atoms with Gasteiger partial charge < -0.3 is 5.11 Å². The Labute approximate surface area is 97.5 Å². The van der Waals surface area contributed by atoms with Crippen molar-refractivity contribution in [1.29, 1.82) is 5.26 Å². The average Bonchev–Trinajstić information content (AvgIpc) is 2.79. The lowest BCUT2D eigenvalue weighted by molar-refractivity contribution is 0.276. The highest BCUT2D eigenvalue weighted by Gasteiger charge is 2.06. The zero-order valence-corrected chi connectivity index (χ0v) is 8.97. The van der Waals surface area contributed by atoms with E-state index in [0.717, 1.165) is 11.1 Å². The Morgan fingerprint density at radius 3 is 2.94 bits per heavy atom. The minimum atomic E-state index is -0.430. The number of aliphatic hydroxyl groups is 1. The Bertz CT molecular complexity index is 571. The van der Waals surface area contributed by atoms with E-state index in [1.54, 1.807) is 24.5 Å². The Morgan fingerprint density at radius 2 is 2.24 bits per heavy atom. The minimum absolute atomic E-state index is 0.175. The average molecular weight is 231 g/mol. The Balaban J connectivity index is 2.36. The molecule has 5 heteroatoms. The van der Waals surface area contributed by atoms with Gasteiger partial charge in [-0.2, -0.15) is 10.4 Å². The molecule has 0 amide bonds. The van der Waals surface area contributed by atoms with Crippen LogP contribution in [-0.4, -0.2) is 14.9 Å². The highest BCUT2D eigenvalue weighted by Crippen LogP contribution is 2.21. The smallest absolute Gasteiger partial charge is 0.128 e. The molecule has 0 radical (unpaired) electrons. The number of nitrogens with zero attached hydrogens (tertiary/aromatic N) is 3. The van der Waals surface area contributed by atoms with Crippen LogP contribution < -0.4 is 0 Å². The number of aliphatic hydroxyl groups excluding tert-OH is 1. The lowest BCUT2D eigenvalue weighted by Crippen LogP contribution is -1.94. The van der Waals surface area contributed by atoms with Crippen molar-refractivity contribution in [1.82, 2.24) is 9.78 Å². The number of halogens is 1. The molecule has 0 saturated carbocycles. The molecule has 1 aromatic heterocycles. The van der Waals surface area contributed by atoms with Crippen molar-refractivity contribution in [2.45, 2.75) is 13.2 Å². The van der Waals surface area contributed by atoms with Crippen LogP contribution in [0.4, 0.5) is 4.39 Å². The Kier molecular flexibility index (Phi) is 3.17. The summed E-state index contributed by atoms with van der Waals surface area (Å²) in [4.78, 5) is 0. The summed E-state index contributed by atoms with van der Waals surface area (Å²) in [5.74, 6) is -0.430. The Morgan fingerprint density at radius 1 is 1.41 bits per heavy atom. The largest absolute Gasteiger partial charge is 0.392 e. The number of aromatic nitrogens is 2. The number of nitriles is 1. The number of benzene rings is 1. The molecule has 0 spiro atoms. The molecule has 4 nitrogen and oxygen atoms in total. The first kappa shape index (κ1) is 11.3.